The van der Waals surface area contributed by atoms with Crippen molar-refractivity contribution in [2.45, 2.75) is 6.04 Å². The van der Waals surface area contributed by atoms with Crippen molar-refractivity contribution in [1.82, 2.24) is 0 Å². The number of halogens is 2. The fourth-order valence-electron chi connectivity index (χ4n) is 1.21. The highest BCUT2D eigenvalue weighted by Crippen LogP contribution is 2.31. The summed E-state index contributed by atoms with van der Waals surface area (Å²) in [4.78, 5) is 0. The van der Waals surface area contributed by atoms with Crippen LogP contribution in [0, 0.1) is 3.57 Å². The van der Waals surface area contributed by atoms with Gasteiger partial charge in [-0.25, -0.2) is 0 Å². The molecular weight excluding hydrogens is 288 g/mol. The number of benzene rings is 1. The lowest BCUT2D eigenvalue weighted by molar-refractivity contribution is 0.333. The number of hydrogen-bond acceptors (Lipinski definition) is 2. The van der Waals surface area contributed by atoms with Crippen LogP contribution in [0.4, 0.5) is 0 Å². The second kappa shape index (κ2) is 3.81. The largest absolute Gasteiger partial charge is 0.491 e. The van der Waals surface area contributed by atoms with Gasteiger partial charge in [0.15, 0.2) is 0 Å². The molecule has 2 rings (SSSR count). The van der Waals surface area contributed by atoms with Gasteiger partial charge in [-0.1, -0.05) is 6.07 Å². The van der Waals surface area contributed by atoms with E-state index in [9.17, 15) is 0 Å². The van der Waals surface area contributed by atoms with Crippen molar-refractivity contribution in [3.8, 4) is 5.75 Å². The maximum Gasteiger partial charge on any atom is 0.125 e. The minimum Gasteiger partial charge on any atom is -0.491 e. The molecule has 1 unspecified atom stereocenters. The minimum absolute atomic E-state index is 0. The maximum atomic E-state index is 5.77. The van der Waals surface area contributed by atoms with Gasteiger partial charge in [-0.2, -0.15) is 0 Å². The lowest BCUT2D eigenvalue weighted by atomic mass is 10.1. The van der Waals surface area contributed by atoms with E-state index in [1.54, 1.807) is 0 Å². The van der Waals surface area contributed by atoms with E-state index in [2.05, 4.69) is 22.6 Å². The van der Waals surface area contributed by atoms with Crippen LogP contribution < -0.4 is 10.5 Å². The van der Waals surface area contributed by atoms with E-state index in [4.69, 9.17) is 10.5 Å². The Bertz CT molecular complexity index is 292. The SMILES string of the molecule is Cl.NC1COc2cc(I)ccc21. The maximum absolute atomic E-state index is 5.77. The fraction of sp³-hybridized carbons (Fsp3) is 0.250. The summed E-state index contributed by atoms with van der Waals surface area (Å²) in [6, 6.07) is 6.17. The summed E-state index contributed by atoms with van der Waals surface area (Å²) in [5, 5.41) is 0. The van der Waals surface area contributed by atoms with Crippen molar-refractivity contribution >= 4 is 35.0 Å². The molecule has 1 aromatic rings. The van der Waals surface area contributed by atoms with Crippen LogP contribution in [0.5, 0.6) is 5.75 Å². The summed E-state index contributed by atoms with van der Waals surface area (Å²) < 4.78 is 6.55. The molecule has 2 nitrogen and oxygen atoms in total. The molecule has 0 fully saturated rings. The predicted octanol–water partition coefficient (Wildman–Crippen LogP) is 2.11. The Labute approximate surface area is 91.0 Å². The van der Waals surface area contributed by atoms with Crippen molar-refractivity contribution in [1.29, 1.82) is 0 Å². The zero-order valence-electron chi connectivity index (χ0n) is 6.29. The Kier molecular flexibility index (Phi) is 3.20. The highest BCUT2D eigenvalue weighted by atomic mass is 127. The molecule has 1 aliphatic rings. The number of hydrogen-bond donors (Lipinski definition) is 1. The summed E-state index contributed by atoms with van der Waals surface area (Å²) in [7, 11) is 0. The Balaban J connectivity index is 0.000000720. The van der Waals surface area contributed by atoms with Gasteiger partial charge in [0.1, 0.15) is 12.4 Å². The first kappa shape index (κ1) is 10.1. The molecular formula is C8H9ClINO. The van der Waals surface area contributed by atoms with Crippen LogP contribution >= 0.6 is 35.0 Å². The van der Waals surface area contributed by atoms with Gasteiger partial charge < -0.3 is 10.5 Å². The molecule has 4 heteroatoms. The van der Waals surface area contributed by atoms with Gasteiger partial charge in [-0.3, -0.25) is 0 Å². The molecule has 0 aliphatic carbocycles. The molecule has 2 N–H and O–H groups in total. The van der Waals surface area contributed by atoms with Gasteiger partial charge in [0, 0.05) is 9.13 Å². The summed E-state index contributed by atoms with van der Waals surface area (Å²) in [5.41, 5.74) is 6.90. The average molecular weight is 298 g/mol. The number of rotatable bonds is 0. The molecule has 0 amide bonds. The van der Waals surface area contributed by atoms with E-state index < -0.39 is 0 Å². The molecule has 0 saturated carbocycles. The van der Waals surface area contributed by atoms with E-state index in [0.29, 0.717) is 6.61 Å². The predicted molar refractivity (Wildman–Crippen MR) is 58.8 cm³/mol. The van der Waals surface area contributed by atoms with Crippen LogP contribution in [0.3, 0.4) is 0 Å². The topological polar surface area (TPSA) is 35.2 Å². The first-order valence-corrected chi connectivity index (χ1v) is 4.53. The third-order valence-corrected chi connectivity index (χ3v) is 2.46. The summed E-state index contributed by atoms with van der Waals surface area (Å²) >= 11 is 2.26. The summed E-state index contributed by atoms with van der Waals surface area (Å²) in [6.45, 7) is 0.620. The highest BCUT2D eigenvalue weighted by Gasteiger charge is 2.19. The van der Waals surface area contributed by atoms with Crippen LogP contribution in [0.15, 0.2) is 18.2 Å². The van der Waals surface area contributed by atoms with E-state index >= 15 is 0 Å². The average Bonchev–Trinajstić information content (AvgIpc) is 2.32. The van der Waals surface area contributed by atoms with Crippen LogP contribution in [-0.4, -0.2) is 6.61 Å². The van der Waals surface area contributed by atoms with Crippen molar-refractivity contribution in [3.63, 3.8) is 0 Å². The van der Waals surface area contributed by atoms with Crippen molar-refractivity contribution in [2.75, 3.05) is 6.61 Å². The molecule has 12 heavy (non-hydrogen) atoms. The van der Waals surface area contributed by atoms with Crippen molar-refractivity contribution in [2.24, 2.45) is 5.73 Å². The third kappa shape index (κ3) is 1.67. The monoisotopic (exact) mass is 297 g/mol. The molecule has 0 saturated heterocycles. The molecule has 0 bridgehead atoms. The standard InChI is InChI=1S/C8H8INO.ClH/c9-5-1-2-6-7(10)4-11-8(6)3-5;/h1-3,7H,4,10H2;1H. The molecule has 0 aromatic heterocycles. The first-order chi connectivity index (χ1) is 5.27. The smallest absolute Gasteiger partial charge is 0.125 e. The van der Waals surface area contributed by atoms with Crippen LogP contribution in [0.2, 0.25) is 0 Å². The number of fused-ring (bicyclic) bond motifs is 1. The Morgan fingerprint density at radius 2 is 2.25 bits per heavy atom. The highest BCUT2D eigenvalue weighted by molar-refractivity contribution is 14.1. The Morgan fingerprint density at radius 3 is 3.00 bits per heavy atom. The summed E-state index contributed by atoms with van der Waals surface area (Å²) in [5.74, 6) is 0.949. The first-order valence-electron chi connectivity index (χ1n) is 3.45. The van der Waals surface area contributed by atoms with E-state index in [-0.39, 0.29) is 18.4 Å². The second-order valence-corrected chi connectivity index (χ2v) is 3.85. The molecule has 66 valence electrons. The molecule has 1 heterocycles. The van der Waals surface area contributed by atoms with Crippen molar-refractivity contribution in [3.05, 3.63) is 27.3 Å². The Morgan fingerprint density at radius 1 is 1.50 bits per heavy atom. The normalized spacial score (nSPS) is 19.3. The zero-order chi connectivity index (χ0) is 7.84. The van der Waals surface area contributed by atoms with Gasteiger partial charge in [0.2, 0.25) is 0 Å². The van der Waals surface area contributed by atoms with Gasteiger partial charge in [0.25, 0.3) is 0 Å². The van der Waals surface area contributed by atoms with E-state index in [1.165, 1.54) is 3.57 Å². The fourth-order valence-corrected chi connectivity index (χ4v) is 1.67. The van der Waals surface area contributed by atoms with Crippen LogP contribution in [-0.2, 0) is 0 Å². The molecule has 1 aromatic carbocycles. The zero-order valence-corrected chi connectivity index (χ0v) is 9.26. The lowest BCUT2D eigenvalue weighted by Gasteiger charge is -1.99. The van der Waals surface area contributed by atoms with Gasteiger partial charge in [-0.15, -0.1) is 12.4 Å². The molecule has 0 spiro atoms. The van der Waals surface area contributed by atoms with E-state index in [0.717, 1.165) is 11.3 Å². The van der Waals surface area contributed by atoms with Gasteiger partial charge >= 0.3 is 0 Å². The van der Waals surface area contributed by atoms with Crippen LogP contribution in [0.25, 0.3) is 0 Å². The molecule has 0 radical (unpaired) electrons. The molecule has 1 aliphatic heterocycles. The second-order valence-electron chi connectivity index (χ2n) is 2.60. The molecule has 1 atom stereocenters. The number of ether oxygens (including phenoxy) is 1. The van der Waals surface area contributed by atoms with Gasteiger partial charge in [0.05, 0.1) is 6.04 Å². The van der Waals surface area contributed by atoms with E-state index in [1.807, 2.05) is 18.2 Å². The minimum atomic E-state index is 0. The van der Waals surface area contributed by atoms with Crippen LogP contribution in [0.1, 0.15) is 11.6 Å². The van der Waals surface area contributed by atoms with Gasteiger partial charge in [-0.05, 0) is 34.7 Å². The number of nitrogens with two attached hydrogens (primary N) is 1. The summed E-state index contributed by atoms with van der Waals surface area (Å²) in [6.07, 6.45) is 0. The quantitative estimate of drug-likeness (QED) is 0.744. The van der Waals surface area contributed by atoms with Crippen molar-refractivity contribution < 1.29 is 4.74 Å². The lowest BCUT2D eigenvalue weighted by Crippen LogP contribution is -2.10. The Hall–Kier alpha value is -0.000000000000000111. The third-order valence-electron chi connectivity index (χ3n) is 1.79.